The Bertz CT molecular complexity index is 1140. The summed E-state index contributed by atoms with van der Waals surface area (Å²) < 4.78 is 50.3. The molecule has 2 aliphatic rings. The van der Waals surface area contributed by atoms with Crippen molar-refractivity contribution in [2.75, 3.05) is 7.05 Å². The van der Waals surface area contributed by atoms with E-state index in [1.165, 1.54) is 18.0 Å². The second kappa shape index (κ2) is 7.47. The molecule has 2 aromatic heterocycles. The van der Waals surface area contributed by atoms with Gasteiger partial charge in [-0.25, -0.2) is 17.9 Å². The van der Waals surface area contributed by atoms with Gasteiger partial charge in [0.25, 0.3) is 5.92 Å². The molecule has 3 aromatic rings. The van der Waals surface area contributed by atoms with Crippen LogP contribution in [0.4, 0.5) is 13.2 Å². The maximum Gasteiger partial charge on any atom is 0.267 e. The number of piperidine rings is 1. The number of phenolic OH excluding ortho intramolecular Hbond substituents is 1. The van der Waals surface area contributed by atoms with Crippen molar-refractivity contribution in [3.05, 3.63) is 48.3 Å². The number of ether oxygens (including phenoxy) is 1. The molecule has 0 aliphatic carbocycles. The van der Waals surface area contributed by atoms with Crippen molar-refractivity contribution < 1.29 is 23.0 Å². The number of rotatable bonds is 4. The zero-order valence-corrected chi connectivity index (χ0v) is 17.5. The lowest BCUT2D eigenvalue weighted by Crippen LogP contribution is -2.56. The molecule has 0 saturated carbocycles. The van der Waals surface area contributed by atoms with E-state index in [2.05, 4.69) is 15.3 Å². The Morgan fingerprint density at radius 1 is 1.16 bits per heavy atom. The molecule has 2 saturated heterocycles. The first-order valence-corrected chi connectivity index (χ1v) is 10.3. The van der Waals surface area contributed by atoms with E-state index >= 15 is 0 Å². The van der Waals surface area contributed by atoms with Crippen LogP contribution in [0.3, 0.4) is 0 Å². The summed E-state index contributed by atoms with van der Waals surface area (Å²) in [5.41, 5.74) is 2.39. The molecule has 10 heteroatoms. The fourth-order valence-corrected chi connectivity index (χ4v) is 4.65. The van der Waals surface area contributed by atoms with Crippen LogP contribution >= 0.6 is 0 Å². The van der Waals surface area contributed by atoms with Gasteiger partial charge in [-0.05, 0) is 38.2 Å². The normalized spacial score (nSPS) is 26.9. The minimum atomic E-state index is -3.08. The Labute approximate surface area is 182 Å². The lowest BCUT2D eigenvalue weighted by atomic mass is 9.98. The maximum atomic E-state index is 14.8. The topological polar surface area (TPSA) is 76.3 Å². The zero-order chi connectivity index (χ0) is 22.6. The third-order valence-corrected chi connectivity index (χ3v) is 6.27. The van der Waals surface area contributed by atoms with Gasteiger partial charge in [-0.2, -0.15) is 5.10 Å². The van der Waals surface area contributed by atoms with Crippen LogP contribution in [0.15, 0.2) is 42.6 Å². The summed E-state index contributed by atoms with van der Waals surface area (Å²) in [6.07, 6.45) is -1.27. The molecule has 4 atom stereocenters. The van der Waals surface area contributed by atoms with Gasteiger partial charge in [0, 0.05) is 42.8 Å². The minimum absolute atomic E-state index is 0.00318. The van der Waals surface area contributed by atoms with Crippen LogP contribution in [-0.4, -0.2) is 67.3 Å². The molecule has 5 rings (SSSR count). The van der Waals surface area contributed by atoms with Crippen LogP contribution in [0.2, 0.25) is 0 Å². The van der Waals surface area contributed by atoms with Gasteiger partial charge in [-0.1, -0.05) is 0 Å². The summed E-state index contributed by atoms with van der Waals surface area (Å²) in [5, 5.41) is 22.8. The van der Waals surface area contributed by atoms with Gasteiger partial charge in [0.1, 0.15) is 17.9 Å². The number of aromatic hydroxyl groups is 1. The minimum Gasteiger partial charge on any atom is -0.507 e. The van der Waals surface area contributed by atoms with Gasteiger partial charge in [0.05, 0.1) is 17.1 Å². The van der Waals surface area contributed by atoms with Gasteiger partial charge in [-0.15, -0.1) is 10.2 Å². The van der Waals surface area contributed by atoms with Gasteiger partial charge in [0.2, 0.25) is 5.88 Å². The molecule has 4 heterocycles. The highest BCUT2D eigenvalue weighted by molar-refractivity contribution is 5.68. The molecule has 0 radical (unpaired) electrons. The molecular weight excluding hydrogens is 423 g/mol. The average molecular weight is 445 g/mol. The monoisotopic (exact) mass is 445 g/mol. The Morgan fingerprint density at radius 2 is 1.97 bits per heavy atom. The number of halogens is 3. The molecule has 2 fully saturated rings. The molecule has 1 N–H and O–H groups in total. The highest BCUT2D eigenvalue weighted by Crippen LogP contribution is 2.46. The molecule has 4 unspecified atom stereocenters. The number of aromatic nitrogens is 4. The highest BCUT2D eigenvalue weighted by Gasteiger charge is 2.62. The number of phenols is 1. The van der Waals surface area contributed by atoms with Crippen molar-refractivity contribution in [2.45, 2.75) is 50.0 Å². The third-order valence-electron chi connectivity index (χ3n) is 6.27. The Hall–Kier alpha value is -3.14. The fraction of sp³-hybridized carbons (Fsp3) is 0.409. The number of fused-ring (bicyclic) bond motifs is 2. The molecule has 32 heavy (non-hydrogen) atoms. The van der Waals surface area contributed by atoms with Crippen molar-refractivity contribution >= 4 is 0 Å². The second-order valence-electron chi connectivity index (χ2n) is 8.43. The van der Waals surface area contributed by atoms with E-state index in [1.807, 2.05) is 13.0 Å². The number of aryl methyl sites for hydroxylation is 1. The SMILES string of the molecule is Cc1ccn(-c2ccc(-c3ccc(OC4CC5CC(F)(F)C(C4F)N5C)nn3)c(O)c2)n1. The van der Waals surface area contributed by atoms with Crippen molar-refractivity contribution in [3.8, 4) is 28.6 Å². The average Bonchev–Trinajstić information content (AvgIpc) is 3.24. The predicted molar refractivity (Wildman–Crippen MR) is 110 cm³/mol. The Balaban J connectivity index is 1.32. The van der Waals surface area contributed by atoms with E-state index in [9.17, 15) is 18.3 Å². The number of alkyl halides is 3. The molecule has 0 spiro atoms. The molecule has 0 amide bonds. The van der Waals surface area contributed by atoms with Crippen molar-refractivity contribution in [1.29, 1.82) is 0 Å². The molecule has 2 aliphatic heterocycles. The molecule has 168 valence electrons. The summed E-state index contributed by atoms with van der Waals surface area (Å²) >= 11 is 0. The third kappa shape index (κ3) is 3.48. The highest BCUT2D eigenvalue weighted by atomic mass is 19.3. The number of nitrogens with zero attached hydrogens (tertiary/aromatic N) is 5. The summed E-state index contributed by atoms with van der Waals surface area (Å²) in [6, 6.07) is 8.05. The quantitative estimate of drug-likeness (QED) is 0.662. The summed E-state index contributed by atoms with van der Waals surface area (Å²) in [4.78, 5) is 1.41. The summed E-state index contributed by atoms with van der Waals surface area (Å²) in [5.74, 6) is -3.03. The number of benzene rings is 1. The van der Waals surface area contributed by atoms with Crippen molar-refractivity contribution in [1.82, 2.24) is 24.9 Å². The van der Waals surface area contributed by atoms with Crippen LogP contribution in [0.5, 0.6) is 11.6 Å². The predicted octanol–water partition coefficient (Wildman–Crippen LogP) is 3.54. The maximum absolute atomic E-state index is 14.8. The first-order chi connectivity index (χ1) is 15.2. The van der Waals surface area contributed by atoms with Crippen LogP contribution in [0.25, 0.3) is 16.9 Å². The van der Waals surface area contributed by atoms with Crippen molar-refractivity contribution in [2.24, 2.45) is 0 Å². The van der Waals surface area contributed by atoms with Gasteiger partial charge >= 0.3 is 0 Å². The van der Waals surface area contributed by atoms with E-state index in [1.54, 1.807) is 35.1 Å². The van der Waals surface area contributed by atoms with Crippen LogP contribution < -0.4 is 4.74 Å². The van der Waals surface area contributed by atoms with E-state index in [4.69, 9.17) is 4.74 Å². The van der Waals surface area contributed by atoms with E-state index < -0.39 is 30.3 Å². The van der Waals surface area contributed by atoms with Gasteiger partial charge in [0.15, 0.2) is 6.17 Å². The first kappa shape index (κ1) is 20.7. The summed E-state index contributed by atoms with van der Waals surface area (Å²) in [6.45, 7) is 1.87. The van der Waals surface area contributed by atoms with Crippen LogP contribution in [0, 0.1) is 6.92 Å². The first-order valence-electron chi connectivity index (χ1n) is 10.3. The van der Waals surface area contributed by atoms with Gasteiger partial charge in [-0.3, -0.25) is 4.90 Å². The molecule has 7 nitrogen and oxygen atoms in total. The largest absolute Gasteiger partial charge is 0.507 e. The Kier molecular flexibility index (Phi) is 4.85. The van der Waals surface area contributed by atoms with Crippen LogP contribution in [-0.2, 0) is 0 Å². The molecular formula is C22H22F3N5O2. The fourth-order valence-electron chi connectivity index (χ4n) is 4.65. The summed E-state index contributed by atoms with van der Waals surface area (Å²) in [7, 11) is 1.53. The number of hydrogen-bond donors (Lipinski definition) is 1. The lowest BCUT2D eigenvalue weighted by molar-refractivity contribution is -0.0903. The van der Waals surface area contributed by atoms with Gasteiger partial charge < -0.3 is 9.84 Å². The van der Waals surface area contributed by atoms with E-state index in [0.29, 0.717) is 16.9 Å². The van der Waals surface area contributed by atoms with Crippen molar-refractivity contribution in [3.63, 3.8) is 0 Å². The van der Waals surface area contributed by atoms with E-state index in [0.717, 1.165) is 5.69 Å². The second-order valence-corrected chi connectivity index (χ2v) is 8.43. The zero-order valence-electron chi connectivity index (χ0n) is 17.5. The van der Waals surface area contributed by atoms with E-state index in [-0.39, 0.29) is 24.5 Å². The van der Waals surface area contributed by atoms with Crippen LogP contribution in [0.1, 0.15) is 18.5 Å². The lowest BCUT2D eigenvalue weighted by Gasteiger charge is -2.38. The molecule has 1 aromatic carbocycles. The smallest absolute Gasteiger partial charge is 0.267 e. The number of hydrogen-bond acceptors (Lipinski definition) is 6. The standard InChI is InChI=1S/C22H22F3N5O2/c1-12-7-8-30(28-12)13-3-4-15(17(31)9-13)16-5-6-19(27-26-16)32-18-10-14-11-22(24,25)21(20(18)23)29(14)2/h3-9,14,18,20-21,31H,10-11H2,1-2H3. The molecule has 2 bridgehead atoms. The Morgan fingerprint density at radius 3 is 2.62 bits per heavy atom.